The van der Waals surface area contributed by atoms with Crippen molar-refractivity contribution in [1.82, 2.24) is 10.1 Å². The summed E-state index contributed by atoms with van der Waals surface area (Å²) in [5.41, 5.74) is 0.472. The van der Waals surface area contributed by atoms with Crippen molar-refractivity contribution >= 4 is 52.8 Å². The zero-order valence-corrected chi connectivity index (χ0v) is 21.9. The first kappa shape index (κ1) is 24.7. The fourth-order valence-corrected chi connectivity index (χ4v) is 7.33. The van der Waals surface area contributed by atoms with E-state index in [-0.39, 0.29) is 32.1 Å². The Kier molecular flexibility index (Phi) is 6.35. The zero-order chi connectivity index (χ0) is 26.2. The van der Waals surface area contributed by atoms with Gasteiger partial charge in [0.25, 0.3) is 25.9 Å². The molecule has 0 radical (unpaired) electrons. The molecule has 3 aromatic carbocycles. The Balaban J connectivity index is 1.48. The van der Waals surface area contributed by atoms with Crippen LogP contribution in [0.15, 0.2) is 86.4 Å². The van der Waals surface area contributed by atoms with Gasteiger partial charge in [-0.1, -0.05) is 35.5 Å². The summed E-state index contributed by atoms with van der Waals surface area (Å²) in [7, 11) is -6.88. The molecule has 0 aliphatic carbocycles. The van der Waals surface area contributed by atoms with Crippen LogP contribution in [0.1, 0.15) is 5.82 Å². The molecular formula is C24H20N4O6S3. The summed E-state index contributed by atoms with van der Waals surface area (Å²) in [5.74, 6) is 0.622. The molecule has 5 rings (SSSR count). The van der Waals surface area contributed by atoms with Crippen molar-refractivity contribution < 1.29 is 26.1 Å². The quantitative estimate of drug-likeness (QED) is 0.276. The van der Waals surface area contributed by atoms with Crippen molar-refractivity contribution in [1.29, 1.82) is 0 Å². The molecule has 5 aromatic rings. The minimum atomic E-state index is -4.24. The molecule has 10 nitrogen and oxygen atoms in total. The zero-order valence-electron chi connectivity index (χ0n) is 19.5. The lowest BCUT2D eigenvalue weighted by Gasteiger charge is -2.15. The number of ether oxygens (including phenoxy) is 1. The topological polar surface area (TPSA) is 140 Å². The number of thiophene rings is 1. The predicted molar refractivity (Wildman–Crippen MR) is 141 cm³/mol. The molecule has 2 heterocycles. The van der Waals surface area contributed by atoms with Crippen molar-refractivity contribution in [2.75, 3.05) is 16.6 Å². The number of hydrogen-bond donors (Lipinski definition) is 2. The van der Waals surface area contributed by atoms with Crippen molar-refractivity contribution in [3.8, 4) is 17.2 Å². The van der Waals surface area contributed by atoms with Crippen LogP contribution in [0.2, 0.25) is 0 Å². The van der Waals surface area contributed by atoms with Crippen LogP contribution in [0, 0.1) is 6.92 Å². The lowest BCUT2D eigenvalue weighted by molar-refractivity contribution is 0.402. The monoisotopic (exact) mass is 556 g/mol. The number of nitrogens with one attached hydrogen (secondary N) is 2. The van der Waals surface area contributed by atoms with Gasteiger partial charge in [-0.2, -0.15) is 4.98 Å². The fourth-order valence-electron chi connectivity index (χ4n) is 3.58. The highest BCUT2D eigenvalue weighted by atomic mass is 32.2. The van der Waals surface area contributed by atoms with E-state index in [9.17, 15) is 16.8 Å². The van der Waals surface area contributed by atoms with E-state index in [1.807, 2.05) is 24.3 Å². The van der Waals surface area contributed by atoms with Gasteiger partial charge in [0, 0.05) is 10.3 Å². The Morgan fingerprint density at radius 2 is 1.54 bits per heavy atom. The second-order valence-electron chi connectivity index (χ2n) is 7.87. The smallest absolute Gasteiger partial charge is 0.271 e. The molecule has 0 unspecified atom stereocenters. The average molecular weight is 557 g/mol. The van der Waals surface area contributed by atoms with E-state index in [0.717, 1.165) is 21.4 Å². The molecule has 37 heavy (non-hydrogen) atoms. The van der Waals surface area contributed by atoms with E-state index >= 15 is 0 Å². The Hall–Kier alpha value is -3.94. The molecule has 0 fully saturated rings. The number of fused-ring (bicyclic) bond motifs is 1. The van der Waals surface area contributed by atoms with Gasteiger partial charge in [-0.25, -0.2) is 16.8 Å². The summed E-state index contributed by atoms with van der Waals surface area (Å²) in [5, 5.41) is 4.53. The molecule has 13 heteroatoms. The maximum atomic E-state index is 13.4. The largest absolute Gasteiger partial charge is 0.495 e. The van der Waals surface area contributed by atoms with Crippen LogP contribution in [0.5, 0.6) is 5.75 Å². The van der Waals surface area contributed by atoms with Gasteiger partial charge in [0.15, 0.2) is 5.82 Å². The number of benzene rings is 3. The van der Waals surface area contributed by atoms with Gasteiger partial charge < -0.3 is 9.26 Å². The Bertz CT molecular complexity index is 1800. The minimum Gasteiger partial charge on any atom is -0.495 e. The highest BCUT2D eigenvalue weighted by molar-refractivity contribution is 7.95. The van der Waals surface area contributed by atoms with Gasteiger partial charge in [0.1, 0.15) is 14.9 Å². The summed E-state index contributed by atoms with van der Waals surface area (Å²) >= 11 is 1.12. The lowest BCUT2D eigenvalue weighted by atomic mass is 10.2. The van der Waals surface area contributed by atoms with Crippen LogP contribution >= 0.6 is 11.3 Å². The Morgan fingerprint density at radius 1 is 0.865 bits per heavy atom. The van der Waals surface area contributed by atoms with E-state index in [1.54, 1.807) is 31.2 Å². The number of sulfonamides is 2. The molecule has 2 aromatic heterocycles. The van der Waals surface area contributed by atoms with Crippen molar-refractivity contribution in [3.63, 3.8) is 0 Å². The van der Waals surface area contributed by atoms with Gasteiger partial charge in [-0.15, -0.1) is 11.3 Å². The fraction of sp³-hybridized carbons (Fsp3) is 0.0833. The maximum absolute atomic E-state index is 13.4. The molecule has 0 saturated heterocycles. The van der Waals surface area contributed by atoms with Gasteiger partial charge in [-0.05, 0) is 54.8 Å². The molecular weight excluding hydrogens is 536 g/mol. The van der Waals surface area contributed by atoms with E-state index in [2.05, 4.69) is 19.6 Å². The van der Waals surface area contributed by atoms with E-state index in [0.29, 0.717) is 11.4 Å². The number of hydrogen-bond acceptors (Lipinski definition) is 9. The first-order chi connectivity index (χ1) is 17.7. The molecule has 0 spiro atoms. The Labute approximate surface area is 217 Å². The summed E-state index contributed by atoms with van der Waals surface area (Å²) in [6.07, 6.45) is 0. The highest BCUT2D eigenvalue weighted by Gasteiger charge is 2.25. The molecule has 0 aliphatic heterocycles. The molecule has 0 atom stereocenters. The number of methoxy groups -OCH3 is 1. The van der Waals surface area contributed by atoms with E-state index in [4.69, 9.17) is 9.26 Å². The standard InChI is InChI=1S/C24H20N4O6S3/c1-15-25-24(34-26-15)17-11-12-20(33-2)22(13-17)36(29,30)27-18-8-4-5-9-19(18)28-37(31,32)23-14-16-7-3-6-10-21(16)35-23/h3-14,27-28H,1-2H3. The van der Waals surface area contributed by atoms with Gasteiger partial charge >= 0.3 is 0 Å². The van der Waals surface area contributed by atoms with Gasteiger partial charge in [0.05, 0.1) is 18.5 Å². The second kappa shape index (κ2) is 9.50. The average Bonchev–Trinajstić information content (AvgIpc) is 3.51. The third-order valence-corrected chi connectivity index (χ3v) is 9.65. The minimum absolute atomic E-state index is 0.0354. The van der Waals surface area contributed by atoms with E-state index in [1.165, 1.54) is 31.4 Å². The lowest BCUT2D eigenvalue weighted by Crippen LogP contribution is -2.17. The van der Waals surface area contributed by atoms with Crippen molar-refractivity contribution in [2.45, 2.75) is 16.0 Å². The first-order valence-corrected chi connectivity index (χ1v) is 14.6. The Morgan fingerprint density at radius 3 is 2.19 bits per heavy atom. The molecule has 0 aliphatic rings. The van der Waals surface area contributed by atoms with Crippen molar-refractivity contribution in [2.24, 2.45) is 0 Å². The number of anilines is 2. The third kappa shape index (κ3) is 5.01. The SMILES string of the molecule is COc1ccc(-c2nc(C)no2)cc1S(=O)(=O)Nc1ccccc1NS(=O)(=O)c1cc2ccccc2s1. The molecule has 0 saturated carbocycles. The third-order valence-electron chi connectivity index (χ3n) is 5.31. The highest BCUT2D eigenvalue weighted by Crippen LogP contribution is 2.34. The molecule has 0 bridgehead atoms. The first-order valence-electron chi connectivity index (χ1n) is 10.8. The second-order valence-corrected chi connectivity index (χ2v) is 12.5. The summed E-state index contributed by atoms with van der Waals surface area (Å²) in [6, 6.07) is 19.4. The van der Waals surface area contributed by atoms with Crippen LogP contribution in [-0.4, -0.2) is 34.1 Å². The summed E-state index contributed by atoms with van der Waals surface area (Å²) in [6.45, 7) is 1.65. The van der Waals surface area contributed by atoms with Crippen LogP contribution < -0.4 is 14.2 Å². The number of aromatic nitrogens is 2. The molecule has 0 amide bonds. The van der Waals surface area contributed by atoms with Gasteiger partial charge in [0.2, 0.25) is 0 Å². The predicted octanol–water partition coefficient (Wildman–Crippen LogP) is 4.87. The van der Waals surface area contributed by atoms with Crippen molar-refractivity contribution in [3.05, 3.63) is 78.6 Å². The molecule has 190 valence electrons. The van der Waals surface area contributed by atoms with Crippen LogP contribution in [0.25, 0.3) is 21.5 Å². The van der Waals surface area contributed by atoms with Crippen LogP contribution in [0.4, 0.5) is 11.4 Å². The van der Waals surface area contributed by atoms with E-state index < -0.39 is 20.0 Å². The normalized spacial score (nSPS) is 11.9. The maximum Gasteiger partial charge on any atom is 0.271 e. The number of rotatable bonds is 8. The summed E-state index contributed by atoms with van der Waals surface area (Å²) < 4.78 is 69.5. The van der Waals surface area contributed by atoms with Crippen LogP contribution in [0.3, 0.4) is 0 Å². The van der Waals surface area contributed by atoms with Gasteiger partial charge in [-0.3, -0.25) is 9.44 Å². The summed E-state index contributed by atoms with van der Waals surface area (Å²) in [4.78, 5) is 3.94. The van der Waals surface area contributed by atoms with Crippen LogP contribution in [-0.2, 0) is 20.0 Å². The number of nitrogens with zero attached hydrogens (tertiary/aromatic N) is 2. The number of aryl methyl sites for hydroxylation is 1. The molecule has 2 N–H and O–H groups in total. The number of para-hydroxylation sites is 2.